The Bertz CT molecular complexity index is 645. The number of ether oxygens (including phenoxy) is 1. The Morgan fingerprint density at radius 1 is 1.50 bits per heavy atom. The van der Waals surface area contributed by atoms with E-state index < -0.39 is 4.92 Å². The summed E-state index contributed by atoms with van der Waals surface area (Å²) in [6.07, 6.45) is 0.977. The summed E-state index contributed by atoms with van der Waals surface area (Å²) in [7, 11) is 3.36. The summed E-state index contributed by atoms with van der Waals surface area (Å²) in [6, 6.07) is 4.73. The first-order valence-electron chi connectivity index (χ1n) is 8.09. The van der Waals surface area contributed by atoms with Crippen LogP contribution in [0.25, 0.3) is 0 Å². The van der Waals surface area contributed by atoms with Crippen molar-refractivity contribution < 1.29 is 14.5 Å². The Morgan fingerprint density at radius 3 is 2.67 bits per heavy atom. The standard InChI is InChI=1S/C17H25N3O4/c1-6-24-15-10-14(17(15,2)3)19(5)12-8-7-11(16(21)18-4)9-13(12)20(22)23/h7-9,14-15H,6,10H2,1-5H3,(H,18,21). The molecule has 0 saturated heterocycles. The summed E-state index contributed by atoms with van der Waals surface area (Å²) < 4.78 is 5.74. The molecule has 0 spiro atoms. The van der Waals surface area contributed by atoms with Crippen molar-refractivity contribution in [2.24, 2.45) is 5.41 Å². The normalized spacial score (nSPS) is 21.7. The summed E-state index contributed by atoms with van der Waals surface area (Å²) in [5.74, 6) is -0.340. The lowest BCUT2D eigenvalue weighted by Crippen LogP contribution is -2.61. The van der Waals surface area contributed by atoms with E-state index in [0.29, 0.717) is 12.3 Å². The minimum Gasteiger partial charge on any atom is -0.378 e. The van der Waals surface area contributed by atoms with E-state index >= 15 is 0 Å². The second-order valence-electron chi connectivity index (χ2n) is 6.67. The monoisotopic (exact) mass is 335 g/mol. The van der Waals surface area contributed by atoms with E-state index in [1.54, 1.807) is 12.1 Å². The maximum atomic E-state index is 11.7. The number of nitrogens with one attached hydrogen (secondary N) is 1. The van der Waals surface area contributed by atoms with E-state index in [2.05, 4.69) is 19.2 Å². The molecule has 1 aliphatic rings. The second-order valence-corrected chi connectivity index (χ2v) is 6.67. The van der Waals surface area contributed by atoms with Crippen molar-refractivity contribution >= 4 is 17.3 Å². The van der Waals surface area contributed by atoms with Crippen molar-refractivity contribution in [3.8, 4) is 0 Å². The van der Waals surface area contributed by atoms with Gasteiger partial charge in [-0.15, -0.1) is 0 Å². The Labute approximate surface area is 142 Å². The first kappa shape index (κ1) is 18.2. The molecule has 0 aromatic heterocycles. The molecular weight excluding hydrogens is 310 g/mol. The van der Waals surface area contributed by atoms with Gasteiger partial charge in [0.1, 0.15) is 5.69 Å². The fourth-order valence-corrected chi connectivity index (χ4v) is 3.43. The van der Waals surface area contributed by atoms with Crippen LogP contribution in [-0.4, -0.2) is 43.7 Å². The zero-order chi connectivity index (χ0) is 18.1. The van der Waals surface area contributed by atoms with Gasteiger partial charge in [0.05, 0.1) is 11.0 Å². The van der Waals surface area contributed by atoms with Crippen molar-refractivity contribution in [2.45, 2.75) is 39.3 Å². The molecule has 7 heteroatoms. The topological polar surface area (TPSA) is 84.7 Å². The smallest absolute Gasteiger partial charge is 0.293 e. The second kappa shape index (κ2) is 6.76. The predicted octanol–water partition coefficient (Wildman–Crippen LogP) is 2.59. The SMILES string of the molecule is CCOC1CC(N(C)c2ccc(C(=O)NC)cc2[N+](=O)[O-])C1(C)C. The van der Waals surface area contributed by atoms with Gasteiger partial charge in [-0.25, -0.2) is 0 Å². The first-order valence-corrected chi connectivity index (χ1v) is 8.09. The minimum atomic E-state index is -0.441. The number of amides is 1. The minimum absolute atomic E-state index is 0.0609. The fourth-order valence-electron chi connectivity index (χ4n) is 3.43. The molecule has 0 bridgehead atoms. The third-order valence-electron chi connectivity index (χ3n) is 5.00. The van der Waals surface area contributed by atoms with Crippen molar-refractivity contribution in [1.29, 1.82) is 0 Å². The van der Waals surface area contributed by atoms with E-state index in [-0.39, 0.29) is 34.7 Å². The van der Waals surface area contributed by atoms with Gasteiger partial charge in [-0.1, -0.05) is 13.8 Å². The maximum absolute atomic E-state index is 11.7. The van der Waals surface area contributed by atoms with Gasteiger partial charge in [-0.3, -0.25) is 14.9 Å². The molecule has 0 aliphatic heterocycles. The Kier molecular flexibility index (Phi) is 5.13. The summed E-state index contributed by atoms with van der Waals surface area (Å²) in [4.78, 5) is 24.7. The van der Waals surface area contributed by atoms with Crippen LogP contribution in [0.1, 0.15) is 37.6 Å². The van der Waals surface area contributed by atoms with Crippen LogP contribution in [-0.2, 0) is 4.74 Å². The number of hydrogen-bond donors (Lipinski definition) is 1. The number of rotatable bonds is 6. The summed E-state index contributed by atoms with van der Waals surface area (Å²) >= 11 is 0. The molecule has 1 fully saturated rings. The number of benzene rings is 1. The van der Waals surface area contributed by atoms with Crippen LogP contribution in [0.4, 0.5) is 11.4 Å². The van der Waals surface area contributed by atoms with Crippen LogP contribution in [0.5, 0.6) is 0 Å². The molecule has 7 nitrogen and oxygen atoms in total. The molecule has 1 aromatic carbocycles. The van der Waals surface area contributed by atoms with Crippen molar-refractivity contribution in [3.63, 3.8) is 0 Å². The number of nitro benzene ring substituents is 1. The van der Waals surface area contributed by atoms with E-state index in [1.165, 1.54) is 13.1 Å². The van der Waals surface area contributed by atoms with Gasteiger partial charge >= 0.3 is 0 Å². The van der Waals surface area contributed by atoms with E-state index in [9.17, 15) is 14.9 Å². The van der Waals surface area contributed by atoms with Crippen LogP contribution in [0.3, 0.4) is 0 Å². The first-order chi connectivity index (χ1) is 11.2. The van der Waals surface area contributed by atoms with Crippen LogP contribution < -0.4 is 10.2 Å². The Morgan fingerprint density at radius 2 is 2.17 bits per heavy atom. The highest BCUT2D eigenvalue weighted by Crippen LogP contribution is 2.47. The lowest BCUT2D eigenvalue weighted by Gasteiger charge is -2.55. The Balaban J connectivity index is 2.31. The van der Waals surface area contributed by atoms with Crippen LogP contribution in [0, 0.1) is 15.5 Å². The quantitative estimate of drug-likeness (QED) is 0.638. The Hall–Kier alpha value is -2.15. The van der Waals surface area contributed by atoms with E-state index in [4.69, 9.17) is 4.74 Å². The van der Waals surface area contributed by atoms with Gasteiger partial charge < -0.3 is 15.0 Å². The number of anilines is 1. The number of carbonyl (C=O) groups excluding carboxylic acids is 1. The number of carbonyl (C=O) groups is 1. The average Bonchev–Trinajstić information content (AvgIpc) is 2.56. The highest BCUT2D eigenvalue weighted by molar-refractivity contribution is 5.95. The van der Waals surface area contributed by atoms with Gasteiger partial charge in [0, 0.05) is 43.8 Å². The molecule has 1 aliphatic carbocycles. The van der Waals surface area contributed by atoms with Crippen LogP contribution in [0.15, 0.2) is 18.2 Å². The van der Waals surface area contributed by atoms with Gasteiger partial charge in [0.15, 0.2) is 0 Å². The molecular formula is C17H25N3O4. The van der Waals surface area contributed by atoms with E-state index in [0.717, 1.165) is 6.42 Å². The highest BCUT2D eigenvalue weighted by Gasteiger charge is 2.51. The molecule has 2 atom stereocenters. The molecule has 0 heterocycles. The maximum Gasteiger partial charge on any atom is 0.293 e. The predicted molar refractivity (Wildman–Crippen MR) is 92.5 cm³/mol. The van der Waals surface area contributed by atoms with Gasteiger partial charge in [0.2, 0.25) is 0 Å². The molecule has 24 heavy (non-hydrogen) atoms. The number of nitro groups is 1. The largest absolute Gasteiger partial charge is 0.378 e. The molecule has 2 unspecified atom stereocenters. The zero-order valence-electron chi connectivity index (χ0n) is 14.8. The van der Waals surface area contributed by atoms with E-state index in [1.807, 2.05) is 18.9 Å². The lowest BCUT2D eigenvalue weighted by molar-refractivity contribution is -0.384. The third-order valence-corrected chi connectivity index (χ3v) is 5.00. The van der Waals surface area contributed by atoms with Gasteiger partial charge in [-0.05, 0) is 25.5 Å². The molecule has 2 rings (SSSR count). The molecule has 0 radical (unpaired) electrons. The molecule has 1 saturated carbocycles. The van der Waals surface area contributed by atoms with Gasteiger partial charge in [-0.2, -0.15) is 0 Å². The summed E-state index contributed by atoms with van der Waals surface area (Å²) in [5.41, 5.74) is 0.634. The van der Waals surface area contributed by atoms with Gasteiger partial charge in [0.25, 0.3) is 11.6 Å². The number of hydrogen-bond acceptors (Lipinski definition) is 5. The third kappa shape index (κ3) is 3.08. The molecule has 1 N–H and O–H groups in total. The van der Waals surface area contributed by atoms with Crippen molar-refractivity contribution in [3.05, 3.63) is 33.9 Å². The van der Waals surface area contributed by atoms with Crippen LogP contribution >= 0.6 is 0 Å². The van der Waals surface area contributed by atoms with Crippen molar-refractivity contribution in [2.75, 3.05) is 25.6 Å². The zero-order valence-corrected chi connectivity index (χ0v) is 14.8. The lowest BCUT2D eigenvalue weighted by atomic mass is 9.63. The van der Waals surface area contributed by atoms with Crippen molar-refractivity contribution in [1.82, 2.24) is 5.32 Å². The fraction of sp³-hybridized carbons (Fsp3) is 0.588. The average molecular weight is 335 g/mol. The highest BCUT2D eigenvalue weighted by atomic mass is 16.6. The number of nitrogens with zero attached hydrogens (tertiary/aromatic N) is 2. The molecule has 1 aromatic rings. The molecule has 1 amide bonds. The summed E-state index contributed by atoms with van der Waals surface area (Å²) in [5, 5.41) is 14.0. The van der Waals surface area contributed by atoms with Crippen LogP contribution in [0.2, 0.25) is 0 Å². The molecule has 132 valence electrons. The summed E-state index contributed by atoms with van der Waals surface area (Å²) in [6.45, 7) is 6.85.